The summed E-state index contributed by atoms with van der Waals surface area (Å²) in [4.78, 5) is 5.49. The third kappa shape index (κ3) is 6.21. The minimum atomic E-state index is -0.0953. The van der Waals surface area contributed by atoms with Gasteiger partial charge in [-0.15, -0.1) is 0 Å². The van der Waals surface area contributed by atoms with Crippen LogP contribution in [0.25, 0.3) is 0 Å². The second kappa shape index (κ2) is 13.6. The van der Waals surface area contributed by atoms with Gasteiger partial charge in [-0.2, -0.15) is 0 Å². The molecule has 0 amide bonds. The second-order valence-electron chi connectivity index (χ2n) is 28.2. The largest absolute Gasteiger partial charge is 0.472 e. The van der Waals surface area contributed by atoms with E-state index in [0.29, 0.717) is 0 Å². The van der Waals surface area contributed by atoms with E-state index in [0.717, 1.165) is 18.5 Å². The standard InChI is InChI=1S/C63H81BN2O/c1-36-30-48-52-49(31-36)66(45-21-20-39-50(38(45)3)61(14,15)27-26-56(39,4)5)53-51-54(63(18,19)29-28-62(51,16)17)67-55(53)64(52)44-33-41-43(60(12,13)25-23-58(41,8)9)35-47(44)65(48)46-34-42-40(32-37(46)2)57(6,7)22-24-59(42,10)11/h20-21,30-35H,22-29H2,1-19H3. The van der Waals surface area contributed by atoms with E-state index in [2.05, 4.69) is 190 Å². The summed E-state index contributed by atoms with van der Waals surface area (Å²) in [5.41, 5.74) is 26.7. The Morgan fingerprint density at radius 3 is 1.43 bits per heavy atom. The Bertz CT molecular complexity index is 2980. The molecule has 0 saturated carbocycles. The average Bonchev–Trinajstić information content (AvgIpc) is 3.65. The van der Waals surface area contributed by atoms with E-state index in [-0.39, 0.29) is 50.0 Å². The number of furan rings is 1. The van der Waals surface area contributed by atoms with Gasteiger partial charge in [0.1, 0.15) is 5.76 Å². The van der Waals surface area contributed by atoms with Crippen LogP contribution in [0.2, 0.25) is 0 Å². The van der Waals surface area contributed by atoms with Crippen molar-refractivity contribution < 1.29 is 4.42 Å². The van der Waals surface area contributed by atoms with Crippen molar-refractivity contribution in [2.75, 3.05) is 9.80 Å². The van der Waals surface area contributed by atoms with Gasteiger partial charge < -0.3 is 14.2 Å². The molecule has 0 radical (unpaired) electrons. The van der Waals surface area contributed by atoms with Gasteiger partial charge in [0.25, 0.3) is 6.71 Å². The normalized spacial score (nSPS) is 23.2. The van der Waals surface area contributed by atoms with E-state index in [1.54, 1.807) is 5.56 Å². The molecule has 67 heavy (non-hydrogen) atoms. The van der Waals surface area contributed by atoms with Crippen LogP contribution < -0.4 is 26.4 Å². The molecule has 1 aromatic heterocycles. The Morgan fingerprint density at radius 1 is 0.418 bits per heavy atom. The summed E-state index contributed by atoms with van der Waals surface area (Å²) in [6.07, 6.45) is 9.37. The number of hydrogen-bond donors (Lipinski definition) is 0. The summed E-state index contributed by atoms with van der Waals surface area (Å²) in [6.45, 7) is 46.8. The van der Waals surface area contributed by atoms with Crippen LogP contribution in [0, 0.1) is 20.8 Å². The molecule has 5 aromatic rings. The molecule has 11 rings (SSSR count). The van der Waals surface area contributed by atoms with Crippen molar-refractivity contribution in [1.29, 1.82) is 0 Å². The number of benzene rings is 4. The van der Waals surface area contributed by atoms with Crippen LogP contribution in [0.5, 0.6) is 0 Å². The summed E-state index contributed by atoms with van der Waals surface area (Å²) in [7, 11) is 0. The zero-order valence-electron chi connectivity index (χ0n) is 45.2. The molecule has 0 N–H and O–H groups in total. The minimum absolute atomic E-state index is 0.0508. The first kappa shape index (κ1) is 45.3. The highest BCUT2D eigenvalue weighted by atomic mass is 16.3. The molecule has 0 saturated heterocycles. The molecular formula is C63H81BN2O. The van der Waals surface area contributed by atoms with Crippen LogP contribution in [-0.4, -0.2) is 6.71 Å². The lowest BCUT2D eigenvalue weighted by Gasteiger charge is -2.48. The van der Waals surface area contributed by atoms with Crippen LogP contribution in [0.15, 0.2) is 52.9 Å². The van der Waals surface area contributed by atoms with Gasteiger partial charge in [-0.1, -0.05) is 129 Å². The maximum atomic E-state index is 7.86. The van der Waals surface area contributed by atoms with Crippen molar-refractivity contribution in [3.05, 3.63) is 110 Å². The molecule has 2 aliphatic heterocycles. The fraction of sp³-hybridized carbons (Fsp3) is 0.556. The van der Waals surface area contributed by atoms with Crippen LogP contribution in [0.3, 0.4) is 0 Å². The smallest absolute Gasteiger partial charge is 0.297 e. The van der Waals surface area contributed by atoms with Crippen LogP contribution in [-0.2, 0) is 43.3 Å². The number of nitrogens with zero attached hydrogens (tertiary/aromatic N) is 2. The van der Waals surface area contributed by atoms with E-state index >= 15 is 0 Å². The van der Waals surface area contributed by atoms with Crippen molar-refractivity contribution in [2.24, 2.45) is 0 Å². The third-order valence-corrected chi connectivity index (χ3v) is 19.5. The Kier molecular flexibility index (Phi) is 9.17. The topological polar surface area (TPSA) is 19.6 Å². The summed E-state index contributed by atoms with van der Waals surface area (Å²) in [6, 6.07) is 20.7. The summed E-state index contributed by atoms with van der Waals surface area (Å²) in [5.74, 6) is 1.20. The molecule has 0 bridgehead atoms. The monoisotopic (exact) mass is 893 g/mol. The van der Waals surface area contributed by atoms with Crippen LogP contribution in [0.4, 0.5) is 34.1 Å². The minimum Gasteiger partial charge on any atom is -0.472 e. The summed E-state index contributed by atoms with van der Waals surface area (Å²) >= 11 is 0. The zero-order valence-corrected chi connectivity index (χ0v) is 45.2. The molecular weight excluding hydrogens is 812 g/mol. The summed E-state index contributed by atoms with van der Waals surface area (Å²) < 4.78 is 7.86. The molecule has 0 unspecified atom stereocenters. The lowest BCUT2D eigenvalue weighted by molar-refractivity contribution is 0.282. The maximum absolute atomic E-state index is 7.86. The Balaban J connectivity index is 1.30. The van der Waals surface area contributed by atoms with E-state index in [1.807, 2.05) is 0 Å². The lowest BCUT2D eigenvalue weighted by Crippen LogP contribution is -2.61. The van der Waals surface area contributed by atoms with E-state index in [9.17, 15) is 0 Å². The van der Waals surface area contributed by atoms with Gasteiger partial charge in [0.15, 0.2) is 0 Å². The van der Waals surface area contributed by atoms with Gasteiger partial charge in [0.05, 0.1) is 11.3 Å². The first-order chi connectivity index (χ1) is 30.9. The summed E-state index contributed by atoms with van der Waals surface area (Å²) in [5, 5.41) is 0. The quantitative estimate of drug-likeness (QED) is 0.161. The highest BCUT2D eigenvalue weighted by Gasteiger charge is 2.54. The first-order valence-electron chi connectivity index (χ1n) is 26.3. The molecule has 3 heterocycles. The fourth-order valence-corrected chi connectivity index (χ4v) is 14.7. The van der Waals surface area contributed by atoms with Crippen molar-refractivity contribution in [3.8, 4) is 0 Å². The average molecular weight is 893 g/mol. The zero-order chi connectivity index (χ0) is 48.3. The molecule has 4 heteroatoms. The van der Waals surface area contributed by atoms with Gasteiger partial charge in [0, 0.05) is 39.4 Å². The third-order valence-electron chi connectivity index (χ3n) is 19.5. The SMILES string of the molecule is Cc1cc2c3c(c1)N(c1ccc4c(c1C)C(C)(C)CCC4(C)C)c1c(oc4c1C(C)(C)CCC4(C)C)B3c1cc3c(cc1N2c1cc2c(cc1C)C(C)(C)CCC2(C)C)C(C)(C)CCC3(C)C. The van der Waals surface area contributed by atoms with Crippen molar-refractivity contribution >= 4 is 57.4 Å². The number of aryl methyl sites for hydroxylation is 2. The van der Waals surface area contributed by atoms with E-state index in [1.165, 1.54) is 139 Å². The van der Waals surface area contributed by atoms with Crippen LogP contribution in [0.1, 0.15) is 224 Å². The number of fused-ring (bicyclic) bond motifs is 9. The molecule has 3 nitrogen and oxygen atoms in total. The lowest BCUT2D eigenvalue weighted by atomic mass is 9.35. The Hall–Kier alpha value is -4.18. The molecule has 0 fully saturated rings. The van der Waals surface area contributed by atoms with Crippen LogP contribution >= 0.6 is 0 Å². The molecule has 4 aromatic carbocycles. The number of anilines is 6. The Labute approximate surface area is 406 Å². The van der Waals surface area contributed by atoms with Gasteiger partial charge >= 0.3 is 0 Å². The maximum Gasteiger partial charge on any atom is 0.297 e. The van der Waals surface area contributed by atoms with Gasteiger partial charge in [0.2, 0.25) is 0 Å². The van der Waals surface area contributed by atoms with Crippen molar-refractivity contribution in [1.82, 2.24) is 0 Å². The van der Waals surface area contributed by atoms with Gasteiger partial charge in [-0.3, -0.25) is 0 Å². The predicted octanol–water partition coefficient (Wildman–Crippen LogP) is 15.7. The molecule has 352 valence electrons. The highest BCUT2D eigenvalue weighted by molar-refractivity contribution is 6.99. The predicted molar refractivity (Wildman–Crippen MR) is 288 cm³/mol. The first-order valence-corrected chi connectivity index (χ1v) is 26.3. The molecule has 6 aliphatic rings. The Morgan fingerprint density at radius 2 is 0.866 bits per heavy atom. The van der Waals surface area contributed by atoms with Crippen molar-refractivity contribution in [2.45, 2.75) is 226 Å². The van der Waals surface area contributed by atoms with Gasteiger partial charge in [-0.25, -0.2) is 0 Å². The second-order valence-corrected chi connectivity index (χ2v) is 28.2. The molecule has 0 atom stereocenters. The van der Waals surface area contributed by atoms with Crippen molar-refractivity contribution in [3.63, 3.8) is 0 Å². The number of rotatable bonds is 2. The highest BCUT2D eigenvalue weighted by Crippen LogP contribution is 2.58. The number of hydrogen-bond acceptors (Lipinski definition) is 3. The molecule has 0 spiro atoms. The van der Waals surface area contributed by atoms with Gasteiger partial charge in [-0.05, 0) is 201 Å². The van der Waals surface area contributed by atoms with E-state index < -0.39 is 0 Å². The fourth-order valence-electron chi connectivity index (χ4n) is 14.7. The van der Waals surface area contributed by atoms with E-state index in [4.69, 9.17) is 4.42 Å². The molecule has 4 aliphatic carbocycles.